The lowest BCUT2D eigenvalue weighted by atomic mass is 10.0. The Morgan fingerprint density at radius 1 is 1.06 bits per heavy atom. The van der Waals surface area contributed by atoms with Crippen molar-refractivity contribution >= 4 is 29.7 Å². The first kappa shape index (κ1) is 27.3. The van der Waals surface area contributed by atoms with Crippen LogP contribution in [0.3, 0.4) is 0 Å². The van der Waals surface area contributed by atoms with Gasteiger partial charge in [0.2, 0.25) is 17.7 Å². The Morgan fingerprint density at radius 3 is 2.25 bits per heavy atom. The predicted molar refractivity (Wildman–Crippen MR) is 114 cm³/mol. The Bertz CT molecular complexity index is 700. The molecule has 0 aromatic carbocycles. The van der Waals surface area contributed by atoms with Crippen molar-refractivity contribution in [1.29, 1.82) is 0 Å². The van der Waals surface area contributed by atoms with Gasteiger partial charge in [0.25, 0.3) is 0 Å². The quantitative estimate of drug-likeness (QED) is 0.180. The second-order valence-corrected chi connectivity index (χ2v) is 8.30. The molecule has 1 fully saturated rings. The fourth-order valence-electron chi connectivity index (χ4n) is 3.46. The molecule has 0 radical (unpaired) electrons. The van der Waals surface area contributed by atoms with Crippen LogP contribution in [-0.2, 0) is 24.0 Å². The number of aliphatic carboxylic acids is 2. The van der Waals surface area contributed by atoms with E-state index in [1.807, 2.05) is 13.8 Å². The Labute approximate surface area is 187 Å². The Kier molecular flexibility index (Phi) is 11.1. The minimum atomic E-state index is -1.64. The van der Waals surface area contributed by atoms with E-state index >= 15 is 0 Å². The monoisotopic (exact) mass is 457 g/mol. The molecule has 1 aliphatic rings. The molecule has 12 nitrogen and oxygen atoms in total. The summed E-state index contributed by atoms with van der Waals surface area (Å²) in [5, 5.41) is 22.8. The molecule has 4 unspecified atom stereocenters. The summed E-state index contributed by atoms with van der Waals surface area (Å²) >= 11 is 0. The molecule has 0 bridgehead atoms. The summed E-state index contributed by atoms with van der Waals surface area (Å²) < 4.78 is 0. The second-order valence-electron chi connectivity index (χ2n) is 8.30. The van der Waals surface area contributed by atoms with Gasteiger partial charge in [0.05, 0.1) is 12.5 Å². The van der Waals surface area contributed by atoms with E-state index in [1.54, 1.807) is 0 Å². The summed E-state index contributed by atoms with van der Waals surface area (Å²) in [4.78, 5) is 61.9. The normalized spacial score (nSPS) is 18.7. The number of carbonyl (C=O) groups is 5. The molecular formula is C20H35N5O7. The fraction of sp³-hybridized carbons (Fsp3) is 0.750. The van der Waals surface area contributed by atoms with Crippen LogP contribution >= 0.6 is 0 Å². The van der Waals surface area contributed by atoms with Gasteiger partial charge in [-0.25, -0.2) is 4.79 Å². The molecule has 8 N–H and O–H groups in total. The first-order valence-corrected chi connectivity index (χ1v) is 10.8. The summed E-state index contributed by atoms with van der Waals surface area (Å²) in [6.07, 6.45) is 1.46. The number of nitrogens with two attached hydrogens (primary N) is 2. The number of amides is 3. The van der Waals surface area contributed by atoms with Crippen LogP contribution in [0.4, 0.5) is 0 Å². The van der Waals surface area contributed by atoms with Crippen molar-refractivity contribution in [3.8, 4) is 0 Å². The SMILES string of the molecule is CC(C)C(N)C(=O)N1CCCC1C(=O)NC(CCCCN)C(=O)NC(CC(=O)O)C(=O)O. The lowest BCUT2D eigenvalue weighted by molar-refractivity contribution is -0.147. The van der Waals surface area contributed by atoms with Gasteiger partial charge in [-0.2, -0.15) is 0 Å². The molecule has 0 aromatic rings. The summed E-state index contributed by atoms with van der Waals surface area (Å²) in [5.41, 5.74) is 11.4. The molecule has 3 amide bonds. The minimum absolute atomic E-state index is 0.108. The summed E-state index contributed by atoms with van der Waals surface area (Å²) in [6, 6.07) is -4.27. The van der Waals surface area contributed by atoms with E-state index in [4.69, 9.17) is 16.6 Å². The van der Waals surface area contributed by atoms with E-state index in [2.05, 4.69) is 10.6 Å². The number of hydrogen-bond donors (Lipinski definition) is 6. The van der Waals surface area contributed by atoms with Crippen LogP contribution in [0.5, 0.6) is 0 Å². The van der Waals surface area contributed by atoms with E-state index in [9.17, 15) is 29.1 Å². The molecule has 182 valence electrons. The number of rotatable bonds is 13. The van der Waals surface area contributed by atoms with Crippen molar-refractivity contribution in [2.75, 3.05) is 13.1 Å². The third-order valence-electron chi connectivity index (χ3n) is 5.42. The van der Waals surface area contributed by atoms with Gasteiger partial charge >= 0.3 is 11.9 Å². The highest BCUT2D eigenvalue weighted by atomic mass is 16.4. The maximum absolute atomic E-state index is 12.9. The molecule has 0 aliphatic carbocycles. The number of likely N-dealkylation sites (tertiary alicyclic amines) is 1. The highest BCUT2D eigenvalue weighted by Crippen LogP contribution is 2.20. The second kappa shape index (κ2) is 13.0. The molecular weight excluding hydrogens is 422 g/mol. The molecule has 0 aromatic heterocycles. The number of carboxylic acid groups (broad SMARTS) is 2. The van der Waals surface area contributed by atoms with Crippen LogP contribution in [-0.4, -0.2) is 82.0 Å². The minimum Gasteiger partial charge on any atom is -0.481 e. The van der Waals surface area contributed by atoms with Gasteiger partial charge in [-0.3, -0.25) is 19.2 Å². The average molecular weight is 458 g/mol. The number of nitrogens with zero attached hydrogens (tertiary/aromatic N) is 1. The van der Waals surface area contributed by atoms with Crippen LogP contribution in [0.15, 0.2) is 0 Å². The standard InChI is InChI=1S/C20H35N5O7/c1-11(2)16(22)19(30)25-9-5-7-14(25)18(29)23-12(6-3-4-8-21)17(28)24-13(20(31)32)10-15(26)27/h11-14,16H,3-10,21-22H2,1-2H3,(H,23,29)(H,24,28)(H,26,27)(H,31,32). The molecule has 32 heavy (non-hydrogen) atoms. The maximum Gasteiger partial charge on any atom is 0.326 e. The van der Waals surface area contributed by atoms with Crippen molar-refractivity contribution < 1.29 is 34.2 Å². The van der Waals surface area contributed by atoms with E-state index < -0.39 is 54.3 Å². The third-order valence-corrected chi connectivity index (χ3v) is 5.42. The van der Waals surface area contributed by atoms with Crippen LogP contribution < -0.4 is 22.1 Å². The number of unbranched alkanes of at least 4 members (excludes halogenated alkanes) is 1. The summed E-state index contributed by atoms with van der Waals surface area (Å²) in [5.74, 6) is -4.67. The van der Waals surface area contributed by atoms with Gasteiger partial charge in [0.1, 0.15) is 18.1 Å². The van der Waals surface area contributed by atoms with Gasteiger partial charge in [-0.05, 0) is 44.6 Å². The summed E-state index contributed by atoms with van der Waals surface area (Å²) in [7, 11) is 0. The average Bonchev–Trinajstić information content (AvgIpc) is 3.20. The van der Waals surface area contributed by atoms with Gasteiger partial charge in [-0.15, -0.1) is 0 Å². The lowest BCUT2D eigenvalue weighted by Crippen LogP contribution is -2.57. The zero-order chi connectivity index (χ0) is 24.4. The van der Waals surface area contributed by atoms with Crippen LogP contribution in [0.1, 0.15) is 52.4 Å². The van der Waals surface area contributed by atoms with Crippen LogP contribution in [0.2, 0.25) is 0 Å². The van der Waals surface area contributed by atoms with Gasteiger partial charge in [0.15, 0.2) is 0 Å². The number of hydrogen-bond acceptors (Lipinski definition) is 7. The number of nitrogens with one attached hydrogen (secondary N) is 2. The molecule has 1 aliphatic heterocycles. The molecule has 4 atom stereocenters. The zero-order valence-electron chi connectivity index (χ0n) is 18.6. The smallest absolute Gasteiger partial charge is 0.326 e. The van der Waals surface area contributed by atoms with Crippen molar-refractivity contribution in [1.82, 2.24) is 15.5 Å². The van der Waals surface area contributed by atoms with Gasteiger partial charge < -0.3 is 37.2 Å². The maximum atomic E-state index is 12.9. The molecule has 1 saturated heterocycles. The Morgan fingerprint density at radius 2 is 1.72 bits per heavy atom. The molecule has 0 spiro atoms. The van der Waals surface area contributed by atoms with Crippen LogP contribution in [0.25, 0.3) is 0 Å². The first-order valence-electron chi connectivity index (χ1n) is 10.8. The number of carbonyl (C=O) groups excluding carboxylic acids is 3. The number of carboxylic acids is 2. The Hall–Kier alpha value is -2.73. The van der Waals surface area contributed by atoms with Crippen molar-refractivity contribution in [3.05, 3.63) is 0 Å². The molecule has 0 saturated carbocycles. The van der Waals surface area contributed by atoms with Crippen LogP contribution in [0, 0.1) is 5.92 Å². The first-order chi connectivity index (χ1) is 15.0. The van der Waals surface area contributed by atoms with E-state index in [-0.39, 0.29) is 18.2 Å². The fourth-order valence-corrected chi connectivity index (χ4v) is 3.46. The molecule has 1 rings (SSSR count). The zero-order valence-corrected chi connectivity index (χ0v) is 18.6. The highest BCUT2D eigenvalue weighted by Gasteiger charge is 2.38. The largest absolute Gasteiger partial charge is 0.481 e. The topological polar surface area (TPSA) is 205 Å². The third kappa shape index (κ3) is 8.08. The Balaban J connectivity index is 2.93. The molecule has 1 heterocycles. The predicted octanol–water partition coefficient (Wildman–Crippen LogP) is -1.38. The lowest BCUT2D eigenvalue weighted by Gasteiger charge is -2.29. The van der Waals surface area contributed by atoms with Gasteiger partial charge in [-0.1, -0.05) is 13.8 Å². The van der Waals surface area contributed by atoms with Crippen molar-refractivity contribution in [3.63, 3.8) is 0 Å². The van der Waals surface area contributed by atoms with Crippen molar-refractivity contribution in [2.24, 2.45) is 17.4 Å². The van der Waals surface area contributed by atoms with Gasteiger partial charge in [0, 0.05) is 6.54 Å². The van der Waals surface area contributed by atoms with E-state index in [0.717, 1.165) is 0 Å². The highest BCUT2D eigenvalue weighted by molar-refractivity contribution is 5.95. The van der Waals surface area contributed by atoms with E-state index in [0.29, 0.717) is 38.8 Å². The van der Waals surface area contributed by atoms with Crippen molar-refractivity contribution in [2.45, 2.75) is 76.5 Å². The van der Waals surface area contributed by atoms with E-state index in [1.165, 1.54) is 4.90 Å². The summed E-state index contributed by atoms with van der Waals surface area (Å²) in [6.45, 7) is 4.36. The molecule has 12 heteroatoms.